The molecule has 5 nitrogen and oxygen atoms in total. The summed E-state index contributed by atoms with van der Waals surface area (Å²) in [6, 6.07) is 17.6. The van der Waals surface area contributed by atoms with E-state index in [1.165, 1.54) is 27.4 Å². The van der Waals surface area contributed by atoms with E-state index >= 15 is 0 Å². The topological polar surface area (TPSA) is 53.5 Å². The van der Waals surface area contributed by atoms with Crippen molar-refractivity contribution in [3.63, 3.8) is 0 Å². The van der Waals surface area contributed by atoms with Gasteiger partial charge in [0.15, 0.2) is 0 Å². The zero-order chi connectivity index (χ0) is 19.8. The maximum Gasteiger partial charge on any atom is 0.278 e. The lowest BCUT2D eigenvalue weighted by Crippen LogP contribution is -2.37. The zero-order valence-corrected chi connectivity index (χ0v) is 16.6. The molecule has 0 fully saturated rings. The largest absolute Gasteiger partial charge is 0.362 e. The summed E-state index contributed by atoms with van der Waals surface area (Å²) in [6.45, 7) is 1.54. The highest BCUT2D eigenvalue weighted by molar-refractivity contribution is 7.11. The number of carbonyl (C=O) groups excluding carboxylic acids is 2. The van der Waals surface area contributed by atoms with Gasteiger partial charge in [-0.3, -0.25) is 19.5 Å². The molecule has 0 atom stereocenters. The van der Waals surface area contributed by atoms with E-state index in [0.29, 0.717) is 23.5 Å². The third-order valence-electron chi connectivity index (χ3n) is 5.40. The molecule has 3 aromatic rings. The lowest BCUT2D eigenvalue weighted by Gasteiger charge is -2.31. The fourth-order valence-electron chi connectivity index (χ4n) is 3.98. The van der Waals surface area contributed by atoms with Crippen LogP contribution in [0.15, 0.2) is 71.9 Å². The van der Waals surface area contributed by atoms with Crippen LogP contribution < -0.4 is 0 Å². The number of pyridine rings is 1. The van der Waals surface area contributed by atoms with Crippen molar-refractivity contribution in [2.75, 3.05) is 6.54 Å². The van der Waals surface area contributed by atoms with Crippen molar-refractivity contribution in [3.8, 4) is 0 Å². The van der Waals surface area contributed by atoms with Crippen molar-refractivity contribution in [2.24, 2.45) is 0 Å². The minimum Gasteiger partial charge on any atom is -0.362 e. The van der Waals surface area contributed by atoms with E-state index in [1.807, 2.05) is 47.8 Å². The summed E-state index contributed by atoms with van der Waals surface area (Å²) in [4.78, 5) is 35.3. The van der Waals surface area contributed by atoms with Gasteiger partial charge in [-0.05, 0) is 41.1 Å². The standard InChI is InChI=1S/C23H19N3O2S/c27-22-20(19-9-5-13-29-19)21(23(28)26(22)15-18-8-3-4-11-24-18)25-12-10-16-6-1-2-7-17(16)14-25/h1-9,11,13H,10,12,14-15H2. The van der Waals surface area contributed by atoms with Crippen molar-refractivity contribution < 1.29 is 9.59 Å². The van der Waals surface area contributed by atoms with Crippen molar-refractivity contribution in [1.29, 1.82) is 0 Å². The van der Waals surface area contributed by atoms with Crippen LogP contribution in [0.4, 0.5) is 0 Å². The van der Waals surface area contributed by atoms with E-state index in [0.717, 1.165) is 17.8 Å². The van der Waals surface area contributed by atoms with Crippen LogP contribution in [0.1, 0.15) is 21.7 Å². The first kappa shape index (κ1) is 17.8. The molecule has 4 heterocycles. The first-order chi connectivity index (χ1) is 14.2. The fraction of sp³-hybridized carbons (Fsp3) is 0.174. The SMILES string of the molecule is O=C1C(c2cccs2)=C(N2CCc3ccccc3C2)C(=O)N1Cc1ccccn1. The van der Waals surface area contributed by atoms with Gasteiger partial charge in [0.25, 0.3) is 11.8 Å². The molecule has 2 aliphatic heterocycles. The molecule has 0 spiro atoms. The number of benzene rings is 1. The van der Waals surface area contributed by atoms with Crippen LogP contribution in [0.25, 0.3) is 5.57 Å². The number of thiophene rings is 1. The molecule has 5 rings (SSSR count). The average molecular weight is 401 g/mol. The first-order valence-corrected chi connectivity index (χ1v) is 10.5. The third kappa shape index (κ3) is 3.15. The monoisotopic (exact) mass is 401 g/mol. The smallest absolute Gasteiger partial charge is 0.278 e. The minimum absolute atomic E-state index is 0.182. The predicted octanol–water partition coefficient (Wildman–Crippen LogP) is 3.48. The van der Waals surface area contributed by atoms with Crippen molar-refractivity contribution in [2.45, 2.75) is 19.5 Å². The summed E-state index contributed by atoms with van der Waals surface area (Å²) in [5, 5.41) is 1.94. The number of amides is 2. The molecule has 2 aliphatic rings. The van der Waals surface area contributed by atoms with E-state index in [2.05, 4.69) is 22.0 Å². The van der Waals surface area contributed by atoms with Gasteiger partial charge in [0.1, 0.15) is 5.70 Å². The number of hydrogen-bond acceptors (Lipinski definition) is 5. The van der Waals surface area contributed by atoms with Crippen LogP contribution in [0, 0.1) is 0 Å². The summed E-state index contributed by atoms with van der Waals surface area (Å²) >= 11 is 1.49. The molecule has 29 heavy (non-hydrogen) atoms. The number of hydrogen-bond donors (Lipinski definition) is 0. The molecular formula is C23H19N3O2S. The second-order valence-corrected chi connectivity index (χ2v) is 8.11. The Labute approximate surface area is 172 Å². The van der Waals surface area contributed by atoms with E-state index in [4.69, 9.17) is 0 Å². The molecule has 144 valence electrons. The molecule has 2 amide bonds. The van der Waals surface area contributed by atoms with Gasteiger partial charge in [-0.25, -0.2) is 0 Å². The number of carbonyl (C=O) groups is 2. The van der Waals surface area contributed by atoms with Crippen molar-refractivity contribution in [3.05, 3.63) is 93.6 Å². The Bertz CT molecular complexity index is 1110. The molecule has 0 radical (unpaired) electrons. The maximum absolute atomic E-state index is 13.4. The van der Waals surface area contributed by atoms with Crippen LogP contribution in [0.3, 0.4) is 0 Å². The van der Waals surface area contributed by atoms with E-state index in [-0.39, 0.29) is 18.4 Å². The van der Waals surface area contributed by atoms with Crippen LogP contribution in [-0.4, -0.2) is 33.1 Å². The van der Waals surface area contributed by atoms with Crippen LogP contribution in [0.2, 0.25) is 0 Å². The average Bonchev–Trinajstić information content (AvgIpc) is 3.37. The van der Waals surface area contributed by atoms with E-state index in [9.17, 15) is 9.59 Å². The predicted molar refractivity (Wildman–Crippen MR) is 112 cm³/mol. The number of imide groups is 1. The first-order valence-electron chi connectivity index (χ1n) is 9.58. The molecule has 2 aromatic heterocycles. The summed E-state index contributed by atoms with van der Waals surface area (Å²) < 4.78 is 0. The normalized spacial score (nSPS) is 16.6. The maximum atomic E-state index is 13.4. The Hall–Kier alpha value is -3.25. The summed E-state index contributed by atoms with van der Waals surface area (Å²) in [5.74, 6) is -0.472. The van der Waals surface area contributed by atoms with Gasteiger partial charge >= 0.3 is 0 Å². The fourth-order valence-corrected chi connectivity index (χ4v) is 4.75. The Morgan fingerprint density at radius 1 is 0.931 bits per heavy atom. The van der Waals surface area contributed by atoms with Gasteiger partial charge in [-0.2, -0.15) is 0 Å². The molecule has 1 aromatic carbocycles. The third-order valence-corrected chi connectivity index (χ3v) is 6.29. The quantitative estimate of drug-likeness (QED) is 0.628. The van der Waals surface area contributed by atoms with Crippen LogP contribution in [-0.2, 0) is 29.1 Å². The highest BCUT2D eigenvalue weighted by Gasteiger charge is 2.42. The summed E-state index contributed by atoms with van der Waals surface area (Å²) in [7, 11) is 0. The second-order valence-electron chi connectivity index (χ2n) is 7.16. The highest BCUT2D eigenvalue weighted by Crippen LogP contribution is 2.36. The van der Waals surface area contributed by atoms with Crippen molar-refractivity contribution in [1.82, 2.24) is 14.8 Å². The molecule has 0 saturated carbocycles. The Morgan fingerprint density at radius 3 is 2.52 bits per heavy atom. The molecule has 6 heteroatoms. The van der Waals surface area contributed by atoms with Gasteiger partial charge in [-0.15, -0.1) is 11.3 Å². The summed E-state index contributed by atoms with van der Waals surface area (Å²) in [5.41, 5.74) is 4.25. The van der Waals surface area contributed by atoms with Gasteiger partial charge in [0.2, 0.25) is 0 Å². The molecular weight excluding hydrogens is 382 g/mol. The Kier molecular flexibility index (Phi) is 4.48. The Balaban J connectivity index is 1.53. The molecule has 0 saturated heterocycles. The molecule has 0 unspecified atom stereocenters. The zero-order valence-electron chi connectivity index (χ0n) is 15.7. The van der Waals surface area contributed by atoms with Gasteiger partial charge in [0, 0.05) is 24.2 Å². The van der Waals surface area contributed by atoms with Crippen molar-refractivity contribution >= 4 is 28.7 Å². The Morgan fingerprint density at radius 2 is 1.76 bits per heavy atom. The molecule has 0 bridgehead atoms. The minimum atomic E-state index is -0.239. The number of nitrogens with zero attached hydrogens (tertiary/aromatic N) is 3. The van der Waals surface area contributed by atoms with Crippen LogP contribution in [0.5, 0.6) is 0 Å². The number of rotatable bonds is 4. The summed E-state index contributed by atoms with van der Waals surface area (Å²) in [6.07, 6.45) is 2.54. The second kappa shape index (κ2) is 7.29. The van der Waals surface area contributed by atoms with Crippen LogP contribution >= 0.6 is 11.3 Å². The lowest BCUT2D eigenvalue weighted by molar-refractivity contribution is -0.138. The van der Waals surface area contributed by atoms with E-state index in [1.54, 1.807) is 6.20 Å². The van der Waals surface area contributed by atoms with Gasteiger partial charge < -0.3 is 4.90 Å². The molecule has 0 N–H and O–H groups in total. The number of fused-ring (bicyclic) bond motifs is 1. The van der Waals surface area contributed by atoms with Gasteiger partial charge in [-0.1, -0.05) is 36.4 Å². The van der Waals surface area contributed by atoms with E-state index < -0.39 is 0 Å². The van der Waals surface area contributed by atoms with Gasteiger partial charge in [0.05, 0.1) is 17.8 Å². The lowest BCUT2D eigenvalue weighted by atomic mass is 9.99. The molecule has 0 aliphatic carbocycles. The highest BCUT2D eigenvalue weighted by atomic mass is 32.1. The number of aromatic nitrogens is 1.